The number of nitrogens with zero attached hydrogens (tertiary/aromatic N) is 2. The maximum absolute atomic E-state index is 13.5. The van der Waals surface area contributed by atoms with Crippen LogP contribution in [0.15, 0.2) is 24.3 Å². The second-order valence-corrected chi connectivity index (χ2v) is 4.50. The second-order valence-electron chi connectivity index (χ2n) is 4.50. The second kappa shape index (κ2) is 6.10. The van der Waals surface area contributed by atoms with Crippen molar-refractivity contribution in [3.63, 3.8) is 0 Å². The van der Waals surface area contributed by atoms with E-state index in [2.05, 4.69) is 9.80 Å². The molecule has 1 heterocycles. The quantitative estimate of drug-likeness (QED) is 0.844. The molecule has 2 rings (SSSR count). The SMILES string of the molecule is NCCN1CCN(Cc2ccccc2F)CC1. The van der Waals surface area contributed by atoms with Crippen molar-refractivity contribution in [1.82, 2.24) is 9.80 Å². The Labute approximate surface area is 102 Å². The summed E-state index contributed by atoms with van der Waals surface area (Å²) in [6.45, 7) is 6.45. The van der Waals surface area contributed by atoms with Gasteiger partial charge >= 0.3 is 0 Å². The van der Waals surface area contributed by atoms with E-state index in [-0.39, 0.29) is 5.82 Å². The third-order valence-electron chi connectivity index (χ3n) is 3.26. The molecule has 17 heavy (non-hydrogen) atoms. The number of rotatable bonds is 4. The Kier molecular flexibility index (Phi) is 4.48. The van der Waals surface area contributed by atoms with Gasteiger partial charge in [-0.25, -0.2) is 4.39 Å². The van der Waals surface area contributed by atoms with Crippen LogP contribution in [0.5, 0.6) is 0 Å². The maximum Gasteiger partial charge on any atom is 0.127 e. The highest BCUT2D eigenvalue weighted by Gasteiger charge is 2.16. The third-order valence-corrected chi connectivity index (χ3v) is 3.26. The topological polar surface area (TPSA) is 32.5 Å². The molecule has 1 aliphatic heterocycles. The van der Waals surface area contributed by atoms with E-state index in [0.717, 1.165) is 38.3 Å². The van der Waals surface area contributed by atoms with Crippen molar-refractivity contribution in [2.45, 2.75) is 6.54 Å². The van der Waals surface area contributed by atoms with E-state index in [4.69, 9.17) is 5.73 Å². The molecule has 0 aliphatic carbocycles. The van der Waals surface area contributed by atoms with Gasteiger partial charge in [-0.3, -0.25) is 9.80 Å². The van der Waals surface area contributed by atoms with Crippen LogP contribution in [0.2, 0.25) is 0 Å². The fourth-order valence-corrected chi connectivity index (χ4v) is 2.22. The summed E-state index contributed by atoms with van der Waals surface area (Å²) in [7, 11) is 0. The number of benzene rings is 1. The summed E-state index contributed by atoms with van der Waals surface area (Å²) in [4.78, 5) is 4.66. The molecule has 0 spiro atoms. The Morgan fingerprint density at radius 1 is 1.06 bits per heavy atom. The lowest BCUT2D eigenvalue weighted by Crippen LogP contribution is -2.47. The number of halogens is 1. The molecule has 4 heteroatoms. The van der Waals surface area contributed by atoms with E-state index in [1.807, 2.05) is 12.1 Å². The summed E-state index contributed by atoms with van der Waals surface area (Å²) in [6.07, 6.45) is 0. The molecule has 1 fully saturated rings. The summed E-state index contributed by atoms with van der Waals surface area (Å²) >= 11 is 0. The van der Waals surface area contributed by atoms with Crippen LogP contribution >= 0.6 is 0 Å². The highest BCUT2D eigenvalue weighted by Crippen LogP contribution is 2.11. The van der Waals surface area contributed by atoms with Crippen LogP contribution in [0.3, 0.4) is 0 Å². The van der Waals surface area contributed by atoms with Gasteiger partial charge in [0, 0.05) is 51.4 Å². The Hall–Kier alpha value is -0.970. The molecule has 3 nitrogen and oxygen atoms in total. The monoisotopic (exact) mass is 237 g/mol. The molecule has 1 aromatic carbocycles. The predicted octanol–water partition coefficient (Wildman–Crippen LogP) is 0.902. The van der Waals surface area contributed by atoms with E-state index >= 15 is 0 Å². The minimum Gasteiger partial charge on any atom is -0.329 e. The summed E-state index contributed by atoms with van der Waals surface area (Å²) in [5.74, 6) is -0.100. The van der Waals surface area contributed by atoms with E-state index in [1.54, 1.807) is 6.07 Å². The lowest BCUT2D eigenvalue weighted by Gasteiger charge is -2.34. The standard InChI is InChI=1S/C13H20FN3/c14-13-4-2-1-3-12(13)11-17-9-7-16(6-5-15)8-10-17/h1-4H,5-11,15H2. The van der Waals surface area contributed by atoms with Gasteiger partial charge in [0.25, 0.3) is 0 Å². The molecule has 0 aromatic heterocycles. The van der Waals surface area contributed by atoms with Gasteiger partial charge in [0.05, 0.1) is 0 Å². The molecule has 2 N–H and O–H groups in total. The van der Waals surface area contributed by atoms with Crippen LogP contribution < -0.4 is 5.73 Å². The lowest BCUT2D eigenvalue weighted by atomic mass is 10.2. The van der Waals surface area contributed by atoms with E-state index in [0.29, 0.717) is 13.1 Å². The van der Waals surface area contributed by atoms with E-state index in [9.17, 15) is 4.39 Å². The molecule has 94 valence electrons. The summed E-state index contributed by atoms with van der Waals surface area (Å²) in [5.41, 5.74) is 6.32. The van der Waals surface area contributed by atoms with E-state index in [1.165, 1.54) is 6.07 Å². The number of hydrogen-bond acceptors (Lipinski definition) is 3. The first-order chi connectivity index (χ1) is 8.29. The fourth-order valence-electron chi connectivity index (χ4n) is 2.22. The van der Waals surface area contributed by atoms with Crippen molar-refractivity contribution < 1.29 is 4.39 Å². The normalized spacial score (nSPS) is 18.5. The summed E-state index contributed by atoms with van der Waals surface area (Å²) < 4.78 is 13.5. The average molecular weight is 237 g/mol. The van der Waals surface area contributed by atoms with Gasteiger partial charge in [-0.1, -0.05) is 18.2 Å². The first-order valence-electron chi connectivity index (χ1n) is 6.18. The molecule has 0 saturated carbocycles. The average Bonchev–Trinajstić information content (AvgIpc) is 2.35. The minimum atomic E-state index is -0.100. The van der Waals surface area contributed by atoms with Crippen molar-refractivity contribution in [3.05, 3.63) is 35.6 Å². The van der Waals surface area contributed by atoms with Crippen LogP contribution in [-0.4, -0.2) is 49.1 Å². The van der Waals surface area contributed by atoms with Gasteiger partial charge in [-0.15, -0.1) is 0 Å². The lowest BCUT2D eigenvalue weighted by molar-refractivity contribution is 0.129. The number of nitrogens with two attached hydrogens (primary N) is 1. The zero-order valence-corrected chi connectivity index (χ0v) is 10.1. The van der Waals surface area contributed by atoms with Gasteiger partial charge in [0.15, 0.2) is 0 Å². The minimum absolute atomic E-state index is 0.100. The predicted molar refractivity (Wildman–Crippen MR) is 67.2 cm³/mol. The van der Waals surface area contributed by atoms with Gasteiger partial charge in [-0.2, -0.15) is 0 Å². The van der Waals surface area contributed by atoms with Crippen molar-refractivity contribution >= 4 is 0 Å². The fraction of sp³-hybridized carbons (Fsp3) is 0.538. The van der Waals surface area contributed by atoms with E-state index < -0.39 is 0 Å². The summed E-state index contributed by atoms with van der Waals surface area (Å²) in [6, 6.07) is 7.02. The van der Waals surface area contributed by atoms with Gasteiger partial charge in [0.2, 0.25) is 0 Å². The molecule has 0 unspecified atom stereocenters. The molecule has 0 bridgehead atoms. The Morgan fingerprint density at radius 2 is 1.71 bits per heavy atom. The largest absolute Gasteiger partial charge is 0.329 e. The molecule has 1 saturated heterocycles. The molecule has 0 radical (unpaired) electrons. The van der Waals surface area contributed by atoms with Crippen LogP contribution in [0.25, 0.3) is 0 Å². The van der Waals surface area contributed by atoms with Gasteiger partial charge in [0.1, 0.15) is 5.82 Å². The molecular formula is C13H20FN3. The number of piperazine rings is 1. The molecule has 1 aliphatic rings. The van der Waals surface area contributed by atoms with Crippen molar-refractivity contribution in [1.29, 1.82) is 0 Å². The maximum atomic E-state index is 13.5. The van der Waals surface area contributed by atoms with Crippen LogP contribution in [0.1, 0.15) is 5.56 Å². The molecule has 0 atom stereocenters. The Morgan fingerprint density at radius 3 is 2.35 bits per heavy atom. The van der Waals surface area contributed by atoms with Gasteiger partial charge < -0.3 is 5.73 Å². The first kappa shape index (κ1) is 12.5. The number of hydrogen-bond donors (Lipinski definition) is 1. The van der Waals surface area contributed by atoms with Crippen molar-refractivity contribution in [2.75, 3.05) is 39.3 Å². The van der Waals surface area contributed by atoms with Gasteiger partial charge in [-0.05, 0) is 6.07 Å². The van der Waals surface area contributed by atoms with Crippen LogP contribution in [0, 0.1) is 5.82 Å². The highest BCUT2D eigenvalue weighted by atomic mass is 19.1. The van der Waals surface area contributed by atoms with Crippen molar-refractivity contribution in [3.8, 4) is 0 Å². The molecule has 1 aromatic rings. The molecule has 0 amide bonds. The summed E-state index contributed by atoms with van der Waals surface area (Å²) in [5, 5.41) is 0. The Balaban J connectivity index is 1.84. The van der Waals surface area contributed by atoms with Crippen LogP contribution in [-0.2, 0) is 6.54 Å². The molecular weight excluding hydrogens is 217 g/mol. The Bertz CT molecular complexity index is 348. The zero-order valence-electron chi connectivity index (χ0n) is 10.1. The van der Waals surface area contributed by atoms with Crippen molar-refractivity contribution in [2.24, 2.45) is 5.73 Å². The highest BCUT2D eigenvalue weighted by molar-refractivity contribution is 5.17. The third kappa shape index (κ3) is 3.49. The first-order valence-corrected chi connectivity index (χ1v) is 6.18. The van der Waals surface area contributed by atoms with Crippen LogP contribution in [0.4, 0.5) is 4.39 Å². The zero-order chi connectivity index (χ0) is 12.1. The smallest absolute Gasteiger partial charge is 0.127 e.